The van der Waals surface area contributed by atoms with Crippen LogP contribution in [0.2, 0.25) is 0 Å². The lowest BCUT2D eigenvalue weighted by Gasteiger charge is -2.08. The molecule has 3 rings (SSSR count). The van der Waals surface area contributed by atoms with Crippen molar-refractivity contribution in [2.24, 2.45) is 0 Å². The minimum atomic E-state index is 0.822. The zero-order valence-corrected chi connectivity index (χ0v) is 11.2. The molecule has 0 bridgehead atoms. The zero-order chi connectivity index (χ0) is 13.4. The molecule has 0 atom stereocenters. The van der Waals surface area contributed by atoms with Crippen LogP contribution >= 0.6 is 0 Å². The van der Waals surface area contributed by atoms with E-state index in [-0.39, 0.29) is 0 Å². The van der Waals surface area contributed by atoms with Crippen molar-refractivity contribution in [3.63, 3.8) is 0 Å². The van der Waals surface area contributed by atoms with Crippen LogP contribution in [-0.2, 0) is 6.54 Å². The summed E-state index contributed by atoms with van der Waals surface area (Å²) in [5.74, 6) is 1.01. The van der Waals surface area contributed by atoms with Crippen molar-refractivity contribution in [3.8, 4) is 11.4 Å². The molecule has 0 aliphatic carbocycles. The summed E-state index contributed by atoms with van der Waals surface area (Å²) in [4.78, 5) is 4.75. The molecular formula is C16H17N3. The summed E-state index contributed by atoms with van der Waals surface area (Å²) in [7, 11) is 0. The second-order valence-corrected chi connectivity index (χ2v) is 4.74. The summed E-state index contributed by atoms with van der Waals surface area (Å²) in [5, 5.41) is 0. The van der Waals surface area contributed by atoms with Crippen LogP contribution in [0.15, 0.2) is 42.5 Å². The van der Waals surface area contributed by atoms with Crippen LogP contribution in [-0.4, -0.2) is 9.55 Å². The Morgan fingerprint density at radius 1 is 1.16 bits per heavy atom. The third-order valence-corrected chi connectivity index (χ3v) is 3.50. The van der Waals surface area contributed by atoms with Crippen molar-refractivity contribution in [2.45, 2.75) is 20.4 Å². The molecule has 0 radical (unpaired) electrons. The van der Waals surface area contributed by atoms with Crippen molar-refractivity contribution >= 4 is 16.7 Å². The fourth-order valence-corrected chi connectivity index (χ4v) is 2.43. The van der Waals surface area contributed by atoms with Gasteiger partial charge in [-0.2, -0.15) is 0 Å². The quantitative estimate of drug-likeness (QED) is 0.707. The van der Waals surface area contributed by atoms with Gasteiger partial charge in [-0.1, -0.05) is 12.1 Å². The average Bonchev–Trinajstić information content (AvgIpc) is 2.80. The van der Waals surface area contributed by atoms with Crippen LogP contribution in [0.3, 0.4) is 0 Å². The molecule has 1 heterocycles. The van der Waals surface area contributed by atoms with Gasteiger partial charge in [0.05, 0.1) is 11.0 Å². The van der Waals surface area contributed by atoms with Crippen LogP contribution in [0.5, 0.6) is 0 Å². The Balaban J connectivity index is 2.26. The predicted molar refractivity (Wildman–Crippen MR) is 80.0 cm³/mol. The highest BCUT2D eigenvalue weighted by Crippen LogP contribution is 2.26. The van der Waals surface area contributed by atoms with E-state index in [1.807, 2.05) is 31.2 Å². The molecule has 0 aliphatic rings. The number of nitrogen functional groups attached to an aromatic ring is 1. The van der Waals surface area contributed by atoms with Crippen molar-refractivity contribution < 1.29 is 0 Å². The van der Waals surface area contributed by atoms with E-state index in [1.54, 1.807) is 0 Å². The van der Waals surface area contributed by atoms with Gasteiger partial charge in [-0.05, 0) is 49.7 Å². The van der Waals surface area contributed by atoms with Crippen LogP contribution in [0.25, 0.3) is 22.4 Å². The highest BCUT2D eigenvalue weighted by Gasteiger charge is 2.11. The van der Waals surface area contributed by atoms with Crippen molar-refractivity contribution in [1.82, 2.24) is 9.55 Å². The number of hydrogen-bond donors (Lipinski definition) is 1. The number of nitrogens with two attached hydrogens (primary N) is 1. The Labute approximate surface area is 112 Å². The third-order valence-electron chi connectivity index (χ3n) is 3.50. The second kappa shape index (κ2) is 4.43. The number of nitrogens with zero attached hydrogens (tertiary/aromatic N) is 2. The molecule has 0 aliphatic heterocycles. The van der Waals surface area contributed by atoms with Gasteiger partial charge in [0.1, 0.15) is 5.82 Å². The summed E-state index contributed by atoms with van der Waals surface area (Å²) in [6.45, 7) is 5.07. The first kappa shape index (κ1) is 11.8. The van der Waals surface area contributed by atoms with Gasteiger partial charge in [-0.15, -0.1) is 0 Å². The monoisotopic (exact) mass is 251 g/mol. The molecule has 2 aromatic carbocycles. The topological polar surface area (TPSA) is 43.8 Å². The number of hydrogen-bond acceptors (Lipinski definition) is 2. The first-order valence-corrected chi connectivity index (χ1v) is 6.52. The molecule has 96 valence electrons. The molecule has 1 aromatic heterocycles. The van der Waals surface area contributed by atoms with Crippen LogP contribution in [0, 0.1) is 6.92 Å². The lowest BCUT2D eigenvalue weighted by molar-refractivity contribution is 0.796. The van der Waals surface area contributed by atoms with Crippen LogP contribution in [0.1, 0.15) is 12.5 Å². The molecule has 0 saturated carbocycles. The molecule has 3 aromatic rings. The number of aryl methyl sites for hydroxylation is 2. The SMILES string of the molecule is CCn1c(-c2ccc(N)c(C)c2)nc2ccccc21. The van der Waals surface area contributed by atoms with Gasteiger partial charge in [0.25, 0.3) is 0 Å². The number of para-hydroxylation sites is 2. The smallest absolute Gasteiger partial charge is 0.141 e. The van der Waals surface area contributed by atoms with E-state index in [9.17, 15) is 0 Å². The van der Waals surface area contributed by atoms with E-state index in [4.69, 9.17) is 10.7 Å². The predicted octanol–water partition coefficient (Wildman–Crippen LogP) is 3.61. The van der Waals surface area contributed by atoms with Crippen molar-refractivity contribution in [3.05, 3.63) is 48.0 Å². The van der Waals surface area contributed by atoms with Crippen molar-refractivity contribution in [1.29, 1.82) is 0 Å². The third kappa shape index (κ3) is 1.87. The summed E-state index contributed by atoms with van der Waals surface area (Å²) in [6.07, 6.45) is 0. The zero-order valence-electron chi connectivity index (χ0n) is 11.2. The number of anilines is 1. The highest BCUT2D eigenvalue weighted by molar-refractivity contribution is 5.81. The largest absolute Gasteiger partial charge is 0.399 e. The summed E-state index contributed by atoms with van der Waals surface area (Å²) >= 11 is 0. The molecule has 0 unspecified atom stereocenters. The minimum Gasteiger partial charge on any atom is -0.399 e. The van der Waals surface area contributed by atoms with E-state index >= 15 is 0 Å². The van der Waals surface area contributed by atoms with Gasteiger partial charge in [0.2, 0.25) is 0 Å². The number of rotatable bonds is 2. The Hall–Kier alpha value is -2.29. The van der Waals surface area contributed by atoms with Gasteiger partial charge in [0.15, 0.2) is 0 Å². The molecular weight excluding hydrogens is 234 g/mol. The molecule has 0 fully saturated rings. The van der Waals surface area contributed by atoms with Crippen molar-refractivity contribution in [2.75, 3.05) is 5.73 Å². The Bertz CT molecular complexity index is 741. The molecule has 3 heteroatoms. The standard InChI is InChI=1S/C16H17N3/c1-3-19-15-7-5-4-6-14(15)18-16(19)12-8-9-13(17)11(2)10-12/h4-10H,3,17H2,1-2H3. The maximum atomic E-state index is 5.89. The Kier molecular flexibility index (Phi) is 2.75. The van der Waals surface area contributed by atoms with E-state index in [0.29, 0.717) is 0 Å². The first-order valence-electron chi connectivity index (χ1n) is 6.52. The normalized spacial score (nSPS) is 11.1. The van der Waals surface area contributed by atoms with E-state index in [1.165, 1.54) is 5.52 Å². The number of fused-ring (bicyclic) bond motifs is 1. The average molecular weight is 251 g/mol. The van der Waals surface area contributed by atoms with Gasteiger partial charge in [-0.25, -0.2) is 4.98 Å². The second-order valence-electron chi connectivity index (χ2n) is 4.74. The highest BCUT2D eigenvalue weighted by atomic mass is 15.1. The van der Waals surface area contributed by atoms with Gasteiger partial charge < -0.3 is 10.3 Å². The summed E-state index contributed by atoms with van der Waals surface area (Å²) in [6, 6.07) is 14.3. The molecule has 19 heavy (non-hydrogen) atoms. The lowest BCUT2D eigenvalue weighted by Crippen LogP contribution is -1.98. The number of aromatic nitrogens is 2. The van der Waals surface area contributed by atoms with E-state index in [0.717, 1.165) is 34.7 Å². The summed E-state index contributed by atoms with van der Waals surface area (Å²) in [5.41, 5.74) is 11.1. The molecule has 2 N–H and O–H groups in total. The maximum absolute atomic E-state index is 5.89. The molecule has 0 amide bonds. The number of benzene rings is 2. The maximum Gasteiger partial charge on any atom is 0.141 e. The molecule has 0 saturated heterocycles. The minimum absolute atomic E-state index is 0.822. The Morgan fingerprint density at radius 3 is 2.68 bits per heavy atom. The van der Waals surface area contributed by atoms with Gasteiger partial charge in [-0.3, -0.25) is 0 Å². The van der Waals surface area contributed by atoms with Gasteiger partial charge >= 0.3 is 0 Å². The summed E-state index contributed by atoms with van der Waals surface area (Å²) < 4.78 is 2.24. The first-order chi connectivity index (χ1) is 9.20. The fourth-order valence-electron chi connectivity index (χ4n) is 2.43. The lowest BCUT2D eigenvalue weighted by atomic mass is 10.1. The van der Waals surface area contributed by atoms with Crippen LogP contribution in [0.4, 0.5) is 5.69 Å². The molecule has 3 nitrogen and oxygen atoms in total. The van der Waals surface area contributed by atoms with Gasteiger partial charge in [0, 0.05) is 17.8 Å². The van der Waals surface area contributed by atoms with E-state index in [2.05, 4.69) is 29.7 Å². The molecule has 0 spiro atoms. The Morgan fingerprint density at radius 2 is 1.95 bits per heavy atom. The number of imidazole rings is 1. The van der Waals surface area contributed by atoms with E-state index < -0.39 is 0 Å². The van der Waals surface area contributed by atoms with Crippen LogP contribution < -0.4 is 5.73 Å². The fraction of sp³-hybridized carbons (Fsp3) is 0.188.